The zero-order valence-corrected chi connectivity index (χ0v) is 19.7. The quantitative estimate of drug-likeness (QED) is 0.444. The number of amides is 1. The van der Waals surface area contributed by atoms with Gasteiger partial charge in [-0.05, 0) is 36.1 Å². The third kappa shape index (κ3) is 4.27. The van der Waals surface area contributed by atoms with Crippen LogP contribution in [0.15, 0.2) is 66.4 Å². The largest absolute Gasteiger partial charge is 0.339 e. The average Bonchev–Trinajstić information content (AvgIpc) is 3.28. The molecule has 1 amide bonds. The fourth-order valence-electron chi connectivity index (χ4n) is 4.15. The molecule has 0 fully saturated rings. The zero-order chi connectivity index (χ0) is 22.7. The first-order chi connectivity index (χ1) is 15.5. The molecule has 2 aromatic carbocycles. The molecular weight excluding hydrogens is 443 g/mol. The van der Waals surface area contributed by atoms with E-state index in [9.17, 15) is 4.79 Å². The standard InChI is InChI=1S/C25H26Cl2N4O/c1-3-14-30(15-4-2)25(32)22-23(17-8-6-5-7-9-17)29-21-12-13-28-31(21)24(22)18-10-11-19(26)20(27)16-18/h5-13,16,24,29H,3-4,14-15H2,1-2H3. The van der Waals surface area contributed by atoms with Gasteiger partial charge in [-0.15, -0.1) is 0 Å². The van der Waals surface area contributed by atoms with E-state index in [1.54, 1.807) is 12.3 Å². The summed E-state index contributed by atoms with van der Waals surface area (Å²) in [5.74, 6) is 0.811. The fourth-order valence-corrected chi connectivity index (χ4v) is 4.45. The van der Waals surface area contributed by atoms with Crippen molar-refractivity contribution in [1.29, 1.82) is 0 Å². The third-order valence-corrected chi connectivity index (χ3v) is 6.28. The lowest BCUT2D eigenvalue weighted by Gasteiger charge is -2.34. The van der Waals surface area contributed by atoms with Gasteiger partial charge in [-0.1, -0.05) is 73.4 Å². The summed E-state index contributed by atoms with van der Waals surface area (Å²) >= 11 is 12.6. The summed E-state index contributed by atoms with van der Waals surface area (Å²) in [6, 6.07) is 16.9. The number of nitrogens with one attached hydrogen (secondary N) is 1. The number of hydrogen-bond donors (Lipinski definition) is 1. The van der Waals surface area contributed by atoms with E-state index in [0.29, 0.717) is 28.7 Å². The van der Waals surface area contributed by atoms with Crippen molar-refractivity contribution in [3.05, 3.63) is 87.5 Å². The minimum absolute atomic E-state index is 0.00252. The Bertz CT molecular complexity index is 1130. The Kier molecular flexibility index (Phi) is 6.87. The van der Waals surface area contributed by atoms with Crippen molar-refractivity contribution < 1.29 is 4.79 Å². The number of aromatic nitrogens is 2. The molecule has 3 aromatic rings. The number of nitrogens with zero attached hydrogens (tertiary/aromatic N) is 3. The second kappa shape index (κ2) is 9.80. The second-order valence-corrected chi connectivity index (χ2v) is 8.62. The molecule has 1 aliphatic rings. The summed E-state index contributed by atoms with van der Waals surface area (Å²) in [4.78, 5) is 16.0. The number of carbonyl (C=O) groups excluding carboxylic acids is 1. The Morgan fingerprint density at radius 2 is 1.75 bits per heavy atom. The van der Waals surface area contributed by atoms with Gasteiger partial charge < -0.3 is 10.2 Å². The van der Waals surface area contributed by atoms with Crippen molar-refractivity contribution in [2.75, 3.05) is 18.4 Å². The van der Waals surface area contributed by atoms with Crippen LogP contribution in [-0.4, -0.2) is 33.7 Å². The van der Waals surface area contributed by atoms with E-state index in [0.717, 1.165) is 35.5 Å². The fraction of sp³-hybridized carbons (Fsp3) is 0.280. The molecule has 0 aliphatic carbocycles. The smallest absolute Gasteiger partial charge is 0.254 e. The molecule has 7 heteroatoms. The van der Waals surface area contributed by atoms with Crippen LogP contribution in [0.25, 0.3) is 5.70 Å². The highest BCUT2D eigenvalue weighted by molar-refractivity contribution is 6.42. The maximum Gasteiger partial charge on any atom is 0.254 e. The highest BCUT2D eigenvalue weighted by atomic mass is 35.5. The number of halogens is 2. The van der Waals surface area contributed by atoms with Gasteiger partial charge in [0.05, 0.1) is 27.5 Å². The van der Waals surface area contributed by atoms with Gasteiger partial charge in [0.15, 0.2) is 0 Å². The van der Waals surface area contributed by atoms with Crippen LogP contribution in [0.3, 0.4) is 0 Å². The maximum absolute atomic E-state index is 14.1. The maximum atomic E-state index is 14.1. The number of rotatable bonds is 7. The lowest BCUT2D eigenvalue weighted by atomic mass is 9.91. The molecule has 0 saturated carbocycles. The van der Waals surface area contributed by atoms with Gasteiger partial charge in [0.2, 0.25) is 0 Å². The Hall–Kier alpha value is -2.76. The Morgan fingerprint density at radius 3 is 2.41 bits per heavy atom. The van der Waals surface area contributed by atoms with Crippen LogP contribution in [0.4, 0.5) is 5.82 Å². The van der Waals surface area contributed by atoms with E-state index in [4.69, 9.17) is 23.2 Å². The predicted octanol–water partition coefficient (Wildman–Crippen LogP) is 6.26. The summed E-state index contributed by atoms with van der Waals surface area (Å²) in [6.07, 6.45) is 3.51. The molecule has 1 atom stereocenters. The Morgan fingerprint density at radius 1 is 1.03 bits per heavy atom. The average molecular weight is 469 g/mol. The number of benzene rings is 2. The molecule has 2 heterocycles. The summed E-state index contributed by atoms with van der Waals surface area (Å²) < 4.78 is 1.84. The van der Waals surface area contributed by atoms with Gasteiger partial charge in [-0.2, -0.15) is 5.10 Å². The molecular formula is C25H26Cl2N4O. The van der Waals surface area contributed by atoms with Crippen molar-refractivity contribution >= 4 is 40.6 Å². The normalized spacial score (nSPS) is 15.3. The van der Waals surface area contributed by atoms with Gasteiger partial charge in [-0.3, -0.25) is 4.79 Å². The first-order valence-electron chi connectivity index (χ1n) is 10.9. The highest BCUT2D eigenvalue weighted by Crippen LogP contribution is 2.41. The van der Waals surface area contributed by atoms with Gasteiger partial charge in [0, 0.05) is 19.2 Å². The number of fused-ring (bicyclic) bond motifs is 1. The highest BCUT2D eigenvalue weighted by Gasteiger charge is 2.36. The van der Waals surface area contributed by atoms with Gasteiger partial charge >= 0.3 is 0 Å². The van der Waals surface area contributed by atoms with Gasteiger partial charge in [-0.25, -0.2) is 4.68 Å². The first kappa shape index (κ1) is 22.4. The minimum Gasteiger partial charge on any atom is -0.339 e. The molecule has 1 unspecified atom stereocenters. The molecule has 0 bridgehead atoms. The van der Waals surface area contributed by atoms with Crippen LogP contribution < -0.4 is 5.32 Å². The SMILES string of the molecule is CCCN(CCC)C(=O)C1=C(c2ccccc2)Nc2ccnn2C1c1ccc(Cl)c(Cl)c1. The van der Waals surface area contributed by atoms with Crippen LogP contribution in [0.1, 0.15) is 43.9 Å². The first-order valence-corrected chi connectivity index (χ1v) is 11.6. The summed E-state index contributed by atoms with van der Waals surface area (Å²) in [6.45, 7) is 5.56. The number of anilines is 1. The van der Waals surface area contributed by atoms with Gasteiger partial charge in [0.25, 0.3) is 5.91 Å². The predicted molar refractivity (Wildman–Crippen MR) is 131 cm³/mol. The van der Waals surface area contributed by atoms with Crippen molar-refractivity contribution in [3.63, 3.8) is 0 Å². The van der Waals surface area contributed by atoms with E-state index in [2.05, 4.69) is 24.3 Å². The zero-order valence-electron chi connectivity index (χ0n) is 18.2. The van der Waals surface area contributed by atoms with E-state index in [1.807, 2.05) is 58.1 Å². The molecule has 1 aliphatic heterocycles. The van der Waals surface area contributed by atoms with Crippen molar-refractivity contribution in [2.24, 2.45) is 0 Å². The monoisotopic (exact) mass is 468 g/mol. The summed E-state index contributed by atoms with van der Waals surface area (Å²) in [5, 5.41) is 8.94. The molecule has 0 radical (unpaired) electrons. The van der Waals surface area contributed by atoms with E-state index < -0.39 is 6.04 Å². The molecule has 32 heavy (non-hydrogen) atoms. The molecule has 1 aromatic heterocycles. The van der Waals surface area contributed by atoms with Crippen LogP contribution in [0, 0.1) is 0 Å². The van der Waals surface area contributed by atoms with Crippen molar-refractivity contribution in [3.8, 4) is 0 Å². The number of carbonyl (C=O) groups is 1. The van der Waals surface area contributed by atoms with Gasteiger partial charge in [0.1, 0.15) is 11.9 Å². The van der Waals surface area contributed by atoms with Crippen molar-refractivity contribution in [1.82, 2.24) is 14.7 Å². The molecule has 1 N–H and O–H groups in total. The minimum atomic E-state index is -0.435. The molecule has 166 valence electrons. The van der Waals surface area contributed by atoms with Crippen LogP contribution >= 0.6 is 23.2 Å². The Balaban J connectivity index is 1.96. The van der Waals surface area contributed by atoms with E-state index >= 15 is 0 Å². The molecule has 0 spiro atoms. The third-order valence-electron chi connectivity index (χ3n) is 5.54. The summed E-state index contributed by atoms with van der Waals surface area (Å²) in [5.41, 5.74) is 3.24. The molecule has 4 rings (SSSR count). The molecule has 0 saturated heterocycles. The van der Waals surface area contributed by atoms with Crippen LogP contribution in [-0.2, 0) is 4.79 Å². The lowest BCUT2D eigenvalue weighted by Crippen LogP contribution is -2.39. The van der Waals surface area contributed by atoms with E-state index in [-0.39, 0.29) is 5.91 Å². The van der Waals surface area contributed by atoms with E-state index in [1.165, 1.54) is 0 Å². The molecule has 5 nitrogen and oxygen atoms in total. The van der Waals surface area contributed by atoms with Crippen LogP contribution in [0.5, 0.6) is 0 Å². The van der Waals surface area contributed by atoms with Crippen LogP contribution in [0.2, 0.25) is 10.0 Å². The number of hydrogen-bond acceptors (Lipinski definition) is 3. The topological polar surface area (TPSA) is 50.2 Å². The lowest BCUT2D eigenvalue weighted by molar-refractivity contribution is -0.127. The Labute approximate surface area is 198 Å². The van der Waals surface area contributed by atoms with Crippen molar-refractivity contribution in [2.45, 2.75) is 32.7 Å². The second-order valence-electron chi connectivity index (χ2n) is 7.81. The summed E-state index contributed by atoms with van der Waals surface area (Å²) in [7, 11) is 0.